The van der Waals surface area contributed by atoms with E-state index in [0.29, 0.717) is 0 Å². The van der Waals surface area contributed by atoms with Crippen molar-refractivity contribution in [2.75, 3.05) is 0 Å². The predicted molar refractivity (Wildman–Crippen MR) is 152 cm³/mol. The maximum Gasteiger partial charge on any atom is 0.0641 e. The van der Waals surface area contributed by atoms with E-state index in [9.17, 15) is 0 Å². The van der Waals surface area contributed by atoms with Gasteiger partial charge in [-0.25, -0.2) is 0 Å². The lowest BCUT2D eigenvalue weighted by atomic mass is 9.71. The molecule has 0 nitrogen and oxygen atoms in total. The Morgan fingerprint density at radius 1 is 0.618 bits per heavy atom. The summed E-state index contributed by atoms with van der Waals surface area (Å²) in [7, 11) is 0. The van der Waals surface area contributed by atoms with Gasteiger partial charge in [-0.15, -0.1) is 0 Å². The van der Waals surface area contributed by atoms with E-state index in [0.717, 1.165) is 6.42 Å². The highest BCUT2D eigenvalue weighted by Crippen LogP contribution is 2.46. The smallest absolute Gasteiger partial charge is 0.0641 e. The number of allylic oxidation sites excluding steroid dienone is 1. The van der Waals surface area contributed by atoms with Crippen molar-refractivity contribution in [3.05, 3.63) is 148 Å². The molecule has 1 aliphatic rings. The second-order valence-electron chi connectivity index (χ2n) is 8.31. The van der Waals surface area contributed by atoms with Gasteiger partial charge >= 0.3 is 0 Å². The zero-order valence-corrected chi connectivity index (χ0v) is 20.7. The van der Waals surface area contributed by atoms with E-state index in [1.54, 1.807) is 0 Å². The van der Waals surface area contributed by atoms with E-state index in [1.165, 1.54) is 38.9 Å². The Balaban J connectivity index is 0.000000268. The Labute approximate surface area is 208 Å². The number of hydrogen-bond acceptors (Lipinski definition) is 0. The summed E-state index contributed by atoms with van der Waals surface area (Å²) in [6.45, 7) is 10.5. The summed E-state index contributed by atoms with van der Waals surface area (Å²) >= 11 is 0. The molecule has 176 valence electrons. The summed E-state index contributed by atoms with van der Waals surface area (Å²) in [6, 6.07) is 36.9. The van der Waals surface area contributed by atoms with Gasteiger partial charge in [0.05, 0.1) is 5.41 Å². The lowest BCUT2D eigenvalue weighted by molar-refractivity contribution is 0.794. The Kier molecular flexibility index (Phi) is 10.1. The molecule has 5 rings (SSSR count). The van der Waals surface area contributed by atoms with Crippen LogP contribution < -0.4 is 0 Å². The van der Waals surface area contributed by atoms with Gasteiger partial charge in [-0.05, 0) is 48.1 Å². The molecule has 0 saturated carbocycles. The second-order valence-corrected chi connectivity index (χ2v) is 8.31. The van der Waals surface area contributed by atoms with Crippen LogP contribution in [0.1, 0.15) is 67.1 Å². The predicted octanol–water partition coefficient (Wildman–Crippen LogP) is 9.58. The fourth-order valence-electron chi connectivity index (χ4n) is 4.65. The first kappa shape index (κ1) is 26.9. The summed E-state index contributed by atoms with van der Waals surface area (Å²) in [5, 5.41) is 0. The lowest BCUT2D eigenvalue weighted by Gasteiger charge is -2.31. The van der Waals surface area contributed by atoms with Gasteiger partial charge in [0, 0.05) is 0 Å². The Bertz CT molecular complexity index is 1110. The van der Waals surface area contributed by atoms with Crippen LogP contribution in [0.5, 0.6) is 0 Å². The van der Waals surface area contributed by atoms with Gasteiger partial charge in [0.15, 0.2) is 0 Å². The van der Waals surface area contributed by atoms with E-state index in [4.69, 9.17) is 0 Å². The minimum atomic E-state index is -0.168. The first-order valence-corrected chi connectivity index (χ1v) is 12.1. The van der Waals surface area contributed by atoms with Crippen molar-refractivity contribution in [1.29, 1.82) is 0 Å². The van der Waals surface area contributed by atoms with Crippen molar-refractivity contribution in [3.63, 3.8) is 0 Å². The Morgan fingerprint density at radius 3 is 1.59 bits per heavy atom. The highest BCUT2D eigenvalue weighted by atomic mass is 14.4. The molecule has 34 heavy (non-hydrogen) atoms. The molecule has 0 spiro atoms. The van der Waals surface area contributed by atoms with E-state index in [1.807, 2.05) is 13.8 Å². The molecule has 0 atom stereocenters. The molecule has 0 radical (unpaired) electrons. The average Bonchev–Trinajstić information content (AvgIpc) is 3.27. The quantitative estimate of drug-likeness (QED) is 0.293. The molecule has 0 aromatic heterocycles. The van der Waals surface area contributed by atoms with Crippen LogP contribution in [0.15, 0.2) is 109 Å². The van der Waals surface area contributed by atoms with Crippen LogP contribution in [-0.4, -0.2) is 0 Å². The summed E-state index contributed by atoms with van der Waals surface area (Å²) in [5.74, 6) is 0. The molecular weight excluding hydrogens is 408 g/mol. The molecule has 4 aromatic rings. The van der Waals surface area contributed by atoms with Gasteiger partial charge in [0.2, 0.25) is 0 Å². The second kappa shape index (κ2) is 12.8. The van der Waals surface area contributed by atoms with Gasteiger partial charge < -0.3 is 0 Å². The minimum Gasteiger partial charge on any atom is -0.0776 e. The standard InChI is InChI=1S/C21H16.C10H14.C2H6.CH4/c1-3-10-18(11-4-1)21(19-12-5-2-6-13-19)16-15-17-9-7-8-14-20(17)21;1-4-10-6-8(2)5-9(3)7-10;1-2;/h1-16H;5-7H,4H2,1-3H3;1-2H3;1H4. The van der Waals surface area contributed by atoms with Gasteiger partial charge in [-0.2, -0.15) is 0 Å². The Hall–Kier alpha value is -3.38. The van der Waals surface area contributed by atoms with Crippen molar-refractivity contribution in [1.82, 2.24) is 0 Å². The molecule has 0 fully saturated rings. The van der Waals surface area contributed by atoms with Crippen molar-refractivity contribution < 1.29 is 0 Å². The molecule has 0 N–H and O–H groups in total. The first-order valence-electron chi connectivity index (χ1n) is 12.1. The SMILES string of the molecule is C.C1=CC(c2ccccc2)(c2ccccc2)c2ccccc21.CC.CCc1cc(C)cc(C)c1. The van der Waals surface area contributed by atoms with E-state index in [-0.39, 0.29) is 12.8 Å². The number of rotatable bonds is 3. The number of aryl methyl sites for hydroxylation is 3. The third kappa shape index (κ3) is 5.75. The molecule has 0 saturated heterocycles. The molecule has 4 aromatic carbocycles. The summed E-state index contributed by atoms with van der Waals surface area (Å²) in [4.78, 5) is 0. The van der Waals surface area contributed by atoms with Crippen LogP contribution in [-0.2, 0) is 11.8 Å². The largest absolute Gasteiger partial charge is 0.0776 e. The number of benzene rings is 4. The summed E-state index contributed by atoms with van der Waals surface area (Å²) in [5.41, 5.74) is 9.33. The van der Waals surface area contributed by atoms with Gasteiger partial charge in [0.25, 0.3) is 0 Å². The summed E-state index contributed by atoms with van der Waals surface area (Å²) in [6.07, 6.45) is 5.72. The van der Waals surface area contributed by atoms with Crippen molar-refractivity contribution in [3.8, 4) is 0 Å². The number of hydrogen-bond donors (Lipinski definition) is 0. The molecule has 0 heterocycles. The summed E-state index contributed by atoms with van der Waals surface area (Å²) < 4.78 is 0. The molecule has 0 heteroatoms. The lowest BCUT2D eigenvalue weighted by Crippen LogP contribution is -2.25. The molecular formula is C34H40. The van der Waals surface area contributed by atoms with Crippen molar-refractivity contribution >= 4 is 6.08 Å². The zero-order chi connectivity index (χ0) is 23.7. The Morgan fingerprint density at radius 2 is 1.09 bits per heavy atom. The average molecular weight is 449 g/mol. The highest BCUT2D eigenvalue weighted by Gasteiger charge is 2.37. The van der Waals surface area contributed by atoms with E-state index >= 15 is 0 Å². The fourth-order valence-corrected chi connectivity index (χ4v) is 4.65. The molecule has 0 unspecified atom stereocenters. The number of fused-ring (bicyclic) bond motifs is 1. The molecule has 1 aliphatic carbocycles. The minimum absolute atomic E-state index is 0. The third-order valence-electron chi connectivity index (χ3n) is 6.05. The van der Waals surface area contributed by atoms with E-state index in [2.05, 4.69) is 136 Å². The normalized spacial score (nSPS) is 12.3. The zero-order valence-electron chi connectivity index (χ0n) is 20.7. The van der Waals surface area contributed by atoms with Crippen LogP contribution in [0.25, 0.3) is 6.08 Å². The van der Waals surface area contributed by atoms with Crippen molar-refractivity contribution in [2.24, 2.45) is 0 Å². The van der Waals surface area contributed by atoms with Crippen LogP contribution in [0, 0.1) is 13.8 Å². The van der Waals surface area contributed by atoms with Crippen molar-refractivity contribution in [2.45, 2.75) is 53.9 Å². The van der Waals surface area contributed by atoms with Crippen LogP contribution in [0.4, 0.5) is 0 Å². The molecule has 0 bridgehead atoms. The maximum absolute atomic E-state index is 2.34. The van der Waals surface area contributed by atoms with Crippen LogP contribution in [0.2, 0.25) is 0 Å². The molecule has 0 amide bonds. The van der Waals surface area contributed by atoms with Crippen LogP contribution >= 0.6 is 0 Å². The topological polar surface area (TPSA) is 0 Å². The first-order chi connectivity index (χ1) is 16.1. The van der Waals surface area contributed by atoms with E-state index < -0.39 is 0 Å². The fraction of sp³-hybridized carbons (Fsp3) is 0.235. The van der Waals surface area contributed by atoms with Gasteiger partial charge in [-0.1, -0.05) is 155 Å². The van der Waals surface area contributed by atoms with Gasteiger partial charge in [0.1, 0.15) is 0 Å². The molecule has 0 aliphatic heterocycles. The third-order valence-corrected chi connectivity index (χ3v) is 6.05. The monoisotopic (exact) mass is 448 g/mol. The maximum atomic E-state index is 2.34. The highest BCUT2D eigenvalue weighted by molar-refractivity contribution is 5.73. The van der Waals surface area contributed by atoms with Gasteiger partial charge in [-0.3, -0.25) is 0 Å². The van der Waals surface area contributed by atoms with Crippen LogP contribution in [0.3, 0.4) is 0 Å².